The van der Waals surface area contributed by atoms with Gasteiger partial charge in [-0.2, -0.15) is 5.10 Å². The number of amides is 1. The molecule has 200 valence electrons. The van der Waals surface area contributed by atoms with Crippen LogP contribution in [0.15, 0.2) is 70.7 Å². The van der Waals surface area contributed by atoms with Crippen molar-refractivity contribution >= 4 is 27.8 Å². The lowest BCUT2D eigenvalue weighted by Crippen LogP contribution is -2.39. The van der Waals surface area contributed by atoms with E-state index in [4.69, 9.17) is 18.9 Å². The van der Waals surface area contributed by atoms with Gasteiger partial charge in [-0.3, -0.25) is 9.10 Å². The SMILES string of the molecule is CCOc1ccc(/C=N\NC(=O)CN(c2ccc(F)cc2)S(=O)(=O)c2ccc3c(c2)OCCO3)cc1OC. The number of carbonyl (C=O) groups is 1. The van der Waals surface area contributed by atoms with Gasteiger partial charge in [0.2, 0.25) is 0 Å². The van der Waals surface area contributed by atoms with Gasteiger partial charge < -0.3 is 18.9 Å². The maximum absolute atomic E-state index is 13.6. The third-order valence-corrected chi connectivity index (χ3v) is 7.16. The van der Waals surface area contributed by atoms with Gasteiger partial charge in [0.05, 0.1) is 30.5 Å². The number of fused-ring (bicyclic) bond motifs is 1. The lowest BCUT2D eigenvalue weighted by Gasteiger charge is -2.25. The summed E-state index contributed by atoms with van der Waals surface area (Å²) in [7, 11) is -2.75. The Morgan fingerprint density at radius 2 is 1.79 bits per heavy atom. The molecule has 1 aliphatic heterocycles. The number of methoxy groups -OCH3 is 1. The summed E-state index contributed by atoms with van der Waals surface area (Å²) < 4.78 is 63.3. The van der Waals surface area contributed by atoms with Gasteiger partial charge in [0.25, 0.3) is 15.9 Å². The maximum atomic E-state index is 13.6. The van der Waals surface area contributed by atoms with Crippen molar-refractivity contribution < 1.29 is 36.6 Å². The van der Waals surface area contributed by atoms with Crippen LogP contribution in [0.3, 0.4) is 0 Å². The molecule has 1 aliphatic rings. The zero-order valence-corrected chi connectivity index (χ0v) is 21.5. The number of hydrazone groups is 1. The zero-order valence-electron chi connectivity index (χ0n) is 20.7. The Bertz CT molecular complexity index is 1430. The topological polar surface area (TPSA) is 116 Å². The molecule has 3 aromatic rings. The first-order chi connectivity index (χ1) is 18.3. The van der Waals surface area contributed by atoms with Crippen molar-refractivity contribution in [1.82, 2.24) is 5.43 Å². The van der Waals surface area contributed by atoms with Gasteiger partial charge in [-0.25, -0.2) is 18.2 Å². The van der Waals surface area contributed by atoms with Gasteiger partial charge in [-0.15, -0.1) is 0 Å². The van der Waals surface area contributed by atoms with E-state index in [1.54, 1.807) is 18.2 Å². The second-order valence-corrected chi connectivity index (χ2v) is 9.79. The predicted molar refractivity (Wildman–Crippen MR) is 138 cm³/mol. The molecule has 0 radical (unpaired) electrons. The van der Waals surface area contributed by atoms with E-state index in [9.17, 15) is 17.6 Å². The lowest BCUT2D eigenvalue weighted by atomic mass is 10.2. The number of hydrogen-bond acceptors (Lipinski definition) is 8. The van der Waals surface area contributed by atoms with Crippen LogP contribution >= 0.6 is 0 Å². The summed E-state index contributed by atoms with van der Waals surface area (Å²) in [6, 6.07) is 14.0. The fourth-order valence-corrected chi connectivity index (χ4v) is 5.05. The van der Waals surface area contributed by atoms with Crippen molar-refractivity contribution in [3.8, 4) is 23.0 Å². The number of ether oxygens (including phenoxy) is 4. The molecule has 1 N–H and O–H groups in total. The smallest absolute Gasteiger partial charge is 0.264 e. The quantitative estimate of drug-likeness (QED) is 0.308. The minimum atomic E-state index is -4.26. The molecule has 0 saturated carbocycles. The summed E-state index contributed by atoms with van der Waals surface area (Å²) >= 11 is 0. The fourth-order valence-electron chi connectivity index (χ4n) is 3.62. The van der Waals surface area contributed by atoms with Crippen LogP contribution in [-0.4, -0.2) is 54.0 Å². The Morgan fingerprint density at radius 3 is 2.50 bits per heavy atom. The molecule has 1 heterocycles. The number of sulfonamides is 1. The molecule has 38 heavy (non-hydrogen) atoms. The number of benzene rings is 3. The average molecular weight is 544 g/mol. The molecule has 0 aliphatic carbocycles. The number of anilines is 1. The molecule has 0 unspecified atom stereocenters. The molecule has 0 fully saturated rings. The van der Waals surface area contributed by atoms with Gasteiger partial charge in [-0.1, -0.05) is 0 Å². The van der Waals surface area contributed by atoms with Crippen LogP contribution in [-0.2, 0) is 14.8 Å². The summed E-state index contributed by atoms with van der Waals surface area (Å²) in [5, 5.41) is 3.93. The molecule has 0 bridgehead atoms. The van der Waals surface area contributed by atoms with E-state index >= 15 is 0 Å². The zero-order chi connectivity index (χ0) is 27.1. The molecule has 4 rings (SSSR count). The molecule has 12 heteroatoms. The molecule has 0 aromatic heterocycles. The highest BCUT2D eigenvalue weighted by Gasteiger charge is 2.29. The molecule has 3 aromatic carbocycles. The number of halogens is 1. The Labute approximate surface area is 219 Å². The molecule has 0 spiro atoms. The number of nitrogens with zero attached hydrogens (tertiary/aromatic N) is 2. The standard InChI is InChI=1S/C26H26FN3O7S/c1-3-35-22-10-4-18(14-24(22)34-2)16-28-29-26(31)17-30(20-7-5-19(27)6-8-20)38(32,33)21-9-11-23-25(15-21)37-13-12-36-23/h4-11,14-16H,3,12-13,17H2,1-2H3,(H,29,31)/b28-16-. The van der Waals surface area contributed by atoms with E-state index in [0.717, 1.165) is 16.4 Å². The minimum Gasteiger partial charge on any atom is -0.493 e. The summed E-state index contributed by atoms with van der Waals surface area (Å²) in [6.45, 7) is 2.34. The summed E-state index contributed by atoms with van der Waals surface area (Å²) in [6.07, 6.45) is 1.38. The molecule has 0 saturated heterocycles. The highest BCUT2D eigenvalue weighted by molar-refractivity contribution is 7.92. The van der Waals surface area contributed by atoms with Crippen LogP contribution < -0.4 is 28.7 Å². The van der Waals surface area contributed by atoms with Crippen molar-refractivity contribution in [2.24, 2.45) is 5.10 Å². The van der Waals surface area contributed by atoms with Crippen LogP contribution in [0.25, 0.3) is 0 Å². The van der Waals surface area contributed by atoms with E-state index < -0.39 is 28.3 Å². The normalized spacial score (nSPS) is 12.7. The third kappa shape index (κ3) is 6.14. The molecule has 10 nitrogen and oxygen atoms in total. The second-order valence-electron chi connectivity index (χ2n) is 7.93. The van der Waals surface area contributed by atoms with Gasteiger partial charge in [-0.05, 0) is 67.1 Å². The Balaban J connectivity index is 1.54. The van der Waals surface area contributed by atoms with E-state index in [1.165, 1.54) is 43.7 Å². The predicted octanol–water partition coefficient (Wildman–Crippen LogP) is 3.35. The first-order valence-corrected chi connectivity index (χ1v) is 13.1. The van der Waals surface area contributed by atoms with Crippen LogP contribution in [0, 0.1) is 5.82 Å². The molecular formula is C26H26FN3O7S. The highest BCUT2D eigenvalue weighted by atomic mass is 32.2. The highest BCUT2D eigenvalue weighted by Crippen LogP contribution is 2.34. The van der Waals surface area contributed by atoms with E-state index in [0.29, 0.717) is 36.0 Å². The second kappa shape index (κ2) is 11.8. The van der Waals surface area contributed by atoms with Crippen LogP contribution in [0.4, 0.5) is 10.1 Å². The van der Waals surface area contributed by atoms with E-state index in [-0.39, 0.29) is 22.9 Å². The van der Waals surface area contributed by atoms with Gasteiger partial charge in [0.15, 0.2) is 23.0 Å². The molecular weight excluding hydrogens is 517 g/mol. The fraction of sp³-hybridized carbons (Fsp3) is 0.231. The molecule has 1 amide bonds. The molecule has 0 atom stereocenters. The average Bonchev–Trinajstić information content (AvgIpc) is 2.93. The van der Waals surface area contributed by atoms with Gasteiger partial charge in [0.1, 0.15) is 25.6 Å². The lowest BCUT2D eigenvalue weighted by molar-refractivity contribution is -0.119. The first kappa shape index (κ1) is 26.7. The van der Waals surface area contributed by atoms with Crippen LogP contribution in [0.2, 0.25) is 0 Å². The number of hydrogen-bond donors (Lipinski definition) is 1. The van der Waals surface area contributed by atoms with Gasteiger partial charge >= 0.3 is 0 Å². The van der Waals surface area contributed by atoms with Crippen molar-refractivity contribution in [1.29, 1.82) is 0 Å². The van der Waals surface area contributed by atoms with E-state index in [2.05, 4.69) is 10.5 Å². The number of rotatable bonds is 10. The Hall–Kier alpha value is -4.32. The Kier molecular flexibility index (Phi) is 8.31. The van der Waals surface area contributed by atoms with Crippen molar-refractivity contribution in [2.45, 2.75) is 11.8 Å². The maximum Gasteiger partial charge on any atom is 0.264 e. The number of carbonyl (C=O) groups excluding carboxylic acids is 1. The first-order valence-electron chi connectivity index (χ1n) is 11.6. The minimum absolute atomic E-state index is 0.0941. The van der Waals surface area contributed by atoms with Crippen LogP contribution in [0.5, 0.6) is 23.0 Å². The summed E-state index contributed by atoms with van der Waals surface area (Å²) in [4.78, 5) is 12.6. The van der Waals surface area contributed by atoms with Crippen molar-refractivity contribution in [3.05, 3.63) is 72.0 Å². The third-order valence-electron chi connectivity index (χ3n) is 5.39. The van der Waals surface area contributed by atoms with Crippen molar-refractivity contribution in [2.75, 3.05) is 37.8 Å². The summed E-state index contributed by atoms with van der Waals surface area (Å²) in [5.74, 6) is 0.484. The van der Waals surface area contributed by atoms with E-state index in [1.807, 2.05) is 6.92 Å². The summed E-state index contributed by atoms with van der Waals surface area (Å²) in [5.41, 5.74) is 3.04. The van der Waals surface area contributed by atoms with Gasteiger partial charge in [0, 0.05) is 6.07 Å². The van der Waals surface area contributed by atoms with Crippen LogP contribution in [0.1, 0.15) is 12.5 Å². The van der Waals surface area contributed by atoms with Crippen molar-refractivity contribution in [3.63, 3.8) is 0 Å². The largest absolute Gasteiger partial charge is 0.493 e. The number of nitrogens with one attached hydrogen (secondary N) is 1. The Morgan fingerprint density at radius 1 is 1.05 bits per heavy atom. The monoisotopic (exact) mass is 543 g/mol.